The molecular formula is C6H2ClF3O2S. The maximum atomic E-state index is 12.7. The lowest BCUT2D eigenvalue weighted by molar-refractivity contribution is 0.526. The number of hydrogen-bond acceptors (Lipinski definition) is 2. The smallest absolute Gasteiger partial charge is 0.205 e. The monoisotopic (exact) mass is 230 g/mol. The Bertz CT molecular complexity index is 443. The highest BCUT2D eigenvalue weighted by molar-refractivity contribution is 7.86. The first-order valence-corrected chi connectivity index (χ1v) is 4.68. The van der Waals surface area contributed by atoms with Crippen molar-refractivity contribution < 1.29 is 21.1 Å². The van der Waals surface area contributed by atoms with Crippen LogP contribution in [0.3, 0.4) is 0 Å². The Morgan fingerprint density at radius 2 is 1.62 bits per heavy atom. The van der Waals surface area contributed by atoms with Gasteiger partial charge in [0.25, 0.3) is 0 Å². The van der Waals surface area contributed by atoms with E-state index in [0.29, 0.717) is 12.1 Å². The van der Waals surface area contributed by atoms with Gasteiger partial charge < -0.3 is 0 Å². The summed E-state index contributed by atoms with van der Waals surface area (Å²) in [6.45, 7) is 0. The van der Waals surface area contributed by atoms with Crippen LogP contribution in [0.25, 0.3) is 0 Å². The van der Waals surface area contributed by atoms with Gasteiger partial charge in [-0.1, -0.05) is 11.6 Å². The van der Waals surface area contributed by atoms with Crippen molar-refractivity contribution in [1.82, 2.24) is 0 Å². The van der Waals surface area contributed by atoms with Crippen molar-refractivity contribution in [3.8, 4) is 0 Å². The topological polar surface area (TPSA) is 34.1 Å². The van der Waals surface area contributed by atoms with E-state index >= 15 is 0 Å². The van der Waals surface area contributed by atoms with Crippen LogP contribution in [0.1, 0.15) is 0 Å². The van der Waals surface area contributed by atoms with Crippen LogP contribution in [-0.4, -0.2) is 8.42 Å². The van der Waals surface area contributed by atoms with E-state index in [9.17, 15) is 21.1 Å². The molecule has 0 atom stereocenters. The fourth-order valence-electron chi connectivity index (χ4n) is 0.732. The summed E-state index contributed by atoms with van der Waals surface area (Å²) < 4.78 is 58.1. The summed E-state index contributed by atoms with van der Waals surface area (Å²) in [5.74, 6) is -2.62. The van der Waals surface area contributed by atoms with Gasteiger partial charge in [-0.15, -0.1) is 3.89 Å². The zero-order chi connectivity index (χ0) is 10.2. The molecule has 0 amide bonds. The van der Waals surface area contributed by atoms with Crippen molar-refractivity contribution in [3.63, 3.8) is 0 Å². The molecule has 0 aliphatic heterocycles. The van der Waals surface area contributed by atoms with Crippen LogP contribution >= 0.6 is 11.6 Å². The van der Waals surface area contributed by atoms with Crippen molar-refractivity contribution in [2.45, 2.75) is 4.90 Å². The number of rotatable bonds is 1. The largest absolute Gasteiger partial charge is 0.336 e. The maximum Gasteiger partial charge on any atom is 0.336 e. The molecule has 0 aromatic heterocycles. The molecule has 0 unspecified atom stereocenters. The van der Waals surface area contributed by atoms with Crippen molar-refractivity contribution in [1.29, 1.82) is 0 Å². The Hall–Kier alpha value is -0.750. The van der Waals surface area contributed by atoms with Crippen molar-refractivity contribution >= 4 is 21.8 Å². The van der Waals surface area contributed by atoms with E-state index in [-0.39, 0.29) is 0 Å². The third-order valence-electron chi connectivity index (χ3n) is 1.25. The highest BCUT2D eigenvalue weighted by Gasteiger charge is 2.24. The van der Waals surface area contributed by atoms with E-state index < -0.39 is 31.8 Å². The molecule has 0 radical (unpaired) electrons. The summed E-state index contributed by atoms with van der Waals surface area (Å²) in [6, 6.07) is 1.08. The third-order valence-corrected chi connectivity index (χ3v) is 2.61. The van der Waals surface area contributed by atoms with E-state index in [1.807, 2.05) is 0 Å². The van der Waals surface area contributed by atoms with Crippen LogP contribution in [0.15, 0.2) is 17.0 Å². The second-order valence-electron chi connectivity index (χ2n) is 2.11. The molecule has 0 spiro atoms. The van der Waals surface area contributed by atoms with E-state index in [4.69, 9.17) is 11.6 Å². The van der Waals surface area contributed by atoms with Crippen LogP contribution in [0.2, 0.25) is 5.02 Å². The molecule has 0 fully saturated rings. The molecule has 1 rings (SSSR count). The lowest BCUT2D eigenvalue weighted by Crippen LogP contribution is -1.99. The van der Waals surface area contributed by atoms with Gasteiger partial charge in [-0.2, -0.15) is 8.42 Å². The zero-order valence-corrected chi connectivity index (χ0v) is 7.46. The van der Waals surface area contributed by atoms with Gasteiger partial charge in [0.05, 0.1) is 0 Å². The maximum absolute atomic E-state index is 12.7. The van der Waals surface area contributed by atoms with Crippen LogP contribution in [0.5, 0.6) is 0 Å². The average Bonchev–Trinajstić information content (AvgIpc) is 1.95. The zero-order valence-electron chi connectivity index (χ0n) is 5.89. The first kappa shape index (κ1) is 10.3. The average molecular weight is 231 g/mol. The lowest BCUT2D eigenvalue weighted by Gasteiger charge is -2.00. The minimum atomic E-state index is -5.33. The molecule has 72 valence electrons. The minimum Gasteiger partial charge on any atom is -0.205 e. The van der Waals surface area contributed by atoms with E-state index in [1.54, 1.807) is 0 Å². The Balaban J connectivity index is 3.62. The fraction of sp³-hybridized carbons (Fsp3) is 0. The highest BCUT2D eigenvalue weighted by Crippen LogP contribution is 2.28. The van der Waals surface area contributed by atoms with E-state index in [0.717, 1.165) is 0 Å². The molecule has 0 bridgehead atoms. The number of halogens is 4. The standard InChI is InChI=1S/C6H2ClF3O2S/c7-5-3(8)1-2-4(9)6(5)13(10,11)12/h1-2H. The van der Waals surface area contributed by atoms with Gasteiger partial charge in [0, 0.05) is 0 Å². The highest BCUT2D eigenvalue weighted by atomic mass is 35.5. The second kappa shape index (κ2) is 3.19. The summed E-state index contributed by atoms with van der Waals surface area (Å²) in [5.41, 5.74) is 0. The Morgan fingerprint density at radius 1 is 1.15 bits per heavy atom. The van der Waals surface area contributed by atoms with Crippen LogP contribution < -0.4 is 0 Å². The molecule has 1 aromatic carbocycles. The molecule has 0 heterocycles. The molecule has 0 aliphatic rings. The lowest BCUT2D eigenvalue weighted by atomic mass is 10.3. The Morgan fingerprint density at radius 3 is 2.00 bits per heavy atom. The summed E-state index contributed by atoms with van der Waals surface area (Å²) in [5, 5.41) is -1.08. The SMILES string of the molecule is O=S(=O)(F)c1c(F)ccc(F)c1Cl. The molecule has 2 nitrogen and oxygen atoms in total. The van der Waals surface area contributed by atoms with Crippen LogP contribution in [0, 0.1) is 11.6 Å². The third kappa shape index (κ3) is 1.94. The van der Waals surface area contributed by atoms with Crippen molar-refractivity contribution in [3.05, 3.63) is 28.8 Å². The van der Waals surface area contributed by atoms with Gasteiger partial charge >= 0.3 is 10.2 Å². The van der Waals surface area contributed by atoms with Gasteiger partial charge in [-0.25, -0.2) is 8.78 Å². The molecule has 0 N–H and O–H groups in total. The molecule has 0 aliphatic carbocycles. The van der Waals surface area contributed by atoms with Crippen molar-refractivity contribution in [2.75, 3.05) is 0 Å². The molecule has 7 heteroatoms. The van der Waals surface area contributed by atoms with Crippen LogP contribution in [-0.2, 0) is 10.2 Å². The first-order chi connectivity index (χ1) is 5.84. The summed E-state index contributed by atoms with van der Waals surface area (Å²) in [7, 11) is -5.33. The summed E-state index contributed by atoms with van der Waals surface area (Å²) >= 11 is 5.05. The van der Waals surface area contributed by atoms with E-state index in [1.165, 1.54) is 0 Å². The second-order valence-corrected chi connectivity index (χ2v) is 3.77. The van der Waals surface area contributed by atoms with E-state index in [2.05, 4.69) is 0 Å². The van der Waals surface area contributed by atoms with Gasteiger partial charge in [0.15, 0.2) is 4.90 Å². The van der Waals surface area contributed by atoms with Crippen molar-refractivity contribution in [2.24, 2.45) is 0 Å². The Kier molecular flexibility index (Phi) is 2.53. The molecule has 0 saturated heterocycles. The molecule has 1 aromatic rings. The summed E-state index contributed by atoms with van der Waals surface area (Å²) in [4.78, 5) is -1.46. The Labute approximate surface area is 77.2 Å². The molecule has 13 heavy (non-hydrogen) atoms. The number of benzene rings is 1. The fourth-order valence-corrected chi connectivity index (χ4v) is 1.77. The minimum absolute atomic E-state index is 0.480. The van der Waals surface area contributed by atoms with Crippen LogP contribution in [0.4, 0.5) is 12.7 Å². The molecule has 0 saturated carbocycles. The van der Waals surface area contributed by atoms with Gasteiger partial charge in [-0.05, 0) is 12.1 Å². The predicted molar refractivity (Wildman–Crippen MR) is 39.7 cm³/mol. The van der Waals surface area contributed by atoms with Gasteiger partial charge in [-0.3, -0.25) is 0 Å². The van der Waals surface area contributed by atoms with Gasteiger partial charge in [0.1, 0.15) is 16.7 Å². The predicted octanol–water partition coefficient (Wildman–Crippen LogP) is 2.28. The number of hydrogen-bond donors (Lipinski definition) is 0. The molecular weight excluding hydrogens is 229 g/mol. The normalized spacial score (nSPS) is 11.7. The van der Waals surface area contributed by atoms with Gasteiger partial charge in [0.2, 0.25) is 0 Å². The quantitative estimate of drug-likeness (QED) is 0.548. The first-order valence-electron chi connectivity index (χ1n) is 2.92. The summed E-state index contributed by atoms with van der Waals surface area (Å²) in [6.07, 6.45) is 0.